The first-order valence-electron chi connectivity index (χ1n) is 12.3. The standard InChI is InChI=1S/C29H24BrClN2O5/c30-24-13-9-20(15-25(24)31)32-26(34)16-38-29(37)18-6-10-21(11-7-18)33-27(35)22-12-8-19(14-23(22)28(33)36)17-4-2-1-3-5-17/h1-7,9-11,13,15,19,22-23H,8,12,14,16H2,(H,32,34)/t19-,22+,23+/m0/s1. The highest BCUT2D eigenvalue weighted by Gasteiger charge is 2.50. The van der Waals surface area contributed by atoms with Crippen LogP contribution in [-0.4, -0.2) is 30.3 Å². The van der Waals surface area contributed by atoms with Crippen molar-refractivity contribution in [1.82, 2.24) is 0 Å². The zero-order valence-corrected chi connectivity index (χ0v) is 22.6. The summed E-state index contributed by atoms with van der Waals surface area (Å²) in [7, 11) is 0. The van der Waals surface area contributed by atoms with E-state index < -0.39 is 18.5 Å². The lowest BCUT2D eigenvalue weighted by Crippen LogP contribution is -2.30. The number of carbonyl (C=O) groups is 4. The number of imide groups is 1. The molecule has 1 aliphatic carbocycles. The molecule has 3 atom stereocenters. The van der Waals surface area contributed by atoms with Crippen molar-refractivity contribution in [3.05, 3.63) is 93.4 Å². The molecule has 0 aromatic heterocycles. The van der Waals surface area contributed by atoms with Crippen LogP contribution in [0.25, 0.3) is 0 Å². The monoisotopic (exact) mass is 594 g/mol. The van der Waals surface area contributed by atoms with Gasteiger partial charge in [-0.25, -0.2) is 4.79 Å². The largest absolute Gasteiger partial charge is 0.452 e. The second-order valence-corrected chi connectivity index (χ2v) is 10.7. The molecule has 1 aliphatic heterocycles. The number of anilines is 2. The van der Waals surface area contributed by atoms with E-state index in [4.69, 9.17) is 16.3 Å². The number of hydrogen-bond donors (Lipinski definition) is 1. The van der Waals surface area contributed by atoms with Crippen LogP contribution in [0.4, 0.5) is 11.4 Å². The molecule has 7 nitrogen and oxygen atoms in total. The fourth-order valence-corrected chi connectivity index (χ4v) is 5.62. The third-order valence-electron chi connectivity index (χ3n) is 7.10. The number of ether oxygens (including phenoxy) is 1. The number of nitrogens with zero attached hydrogens (tertiary/aromatic N) is 1. The van der Waals surface area contributed by atoms with Gasteiger partial charge in [-0.1, -0.05) is 41.9 Å². The Kier molecular flexibility index (Phi) is 7.63. The number of carbonyl (C=O) groups excluding carboxylic acids is 4. The number of amides is 3. The number of hydrogen-bond acceptors (Lipinski definition) is 5. The van der Waals surface area contributed by atoms with Crippen LogP contribution in [0.5, 0.6) is 0 Å². The number of halogens is 2. The summed E-state index contributed by atoms with van der Waals surface area (Å²) in [5, 5.41) is 3.04. The number of benzene rings is 3. The van der Waals surface area contributed by atoms with Gasteiger partial charge in [-0.15, -0.1) is 0 Å². The van der Waals surface area contributed by atoms with E-state index >= 15 is 0 Å². The molecule has 9 heteroatoms. The van der Waals surface area contributed by atoms with Crippen molar-refractivity contribution in [2.45, 2.75) is 25.2 Å². The van der Waals surface area contributed by atoms with Crippen LogP contribution in [0.2, 0.25) is 5.02 Å². The lowest BCUT2D eigenvalue weighted by molar-refractivity contribution is -0.122. The summed E-state index contributed by atoms with van der Waals surface area (Å²) in [6.07, 6.45) is 2.18. The Balaban J connectivity index is 1.19. The van der Waals surface area contributed by atoms with E-state index in [1.165, 1.54) is 22.6 Å². The van der Waals surface area contributed by atoms with E-state index in [0.717, 1.165) is 6.42 Å². The average molecular weight is 596 g/mol. The molecule has 0 spiro atoms. The summed E-state index contributed by atoms with van der Waals surface area (Å²) >= 11 is 9.30. The minimum atomic E-state index is -0.695. The van der Waals surface area contributed by atoms with Crippen molar-refractivity contribution in [1.29, 1.82) is 0 Å². The first kappa shape index (κ1) is 26.1. The van der Waals surface area contributed by atoms with E-state index in [1.807, 2.05) is 18.2 Å². The molecule has 2 fully saturated rings. The van der Waals surface area contributed by atoms with E-state index in [-0.39, 0.29) is 35.1 Å². The Labute approximate surface area is 233 Å². The highest BCUT2D eigenvalue weighted by molar-refractivity contribution is 9.10. The van der Waals surface area contributed by atoms with Crippen molar-refractivity contribution < 1.29 is 23.9 Å². The number of esters is 1. The average Bonchev–Trinajstić information content (AvgIpc) is 3.19. The van der Waals surface area contributed by atoms with Crippen LogP contribution in [0.15, 0.2) is 77.3 Å². The van der Waals surface area contributed by atoms with Crippen molar-refractivity contribution >= 4 is 62.6 Å². The van der Waals surface area contributed by atoms with Crippen molar-refractivity contribution in [2.75, 3.05) is 16.8 Å². The Hall–Kier alpha value is -3.49. The molecule has 1 saturated heterocycles. The molecule has 1 heterocycles. The van der Waals surface area contributed by atoms with Gasteiger partial charge in [0.25, 0.3) is 5.91 Å². The molecular weight excluding hydrogens is 572 g/mol. The van der Waals surface area contributed by atoms with Gasteiger partial charge in [-0.05, 0) is 89.1 Å². The van der Waals surface area contributed by atoms with Gasteiger partial charge in [0.1, 0.15) is 0 Å². The van der Waals surface area contributed by atoms with E-state index in [2.05, 4.69) is 33.4 Å². The topological polar surface area (TPSA) is 92.8 Å². The van der Waals surface area contributed by atoms with Crippen molar-refractivity contribution in [2.24, 2.45) is 11.8 Å². The van der Waals surface area contributed by atoms with Gasteiger partial charge in [0.2, 0.25) is 11.8 Å². The molecule has 1 saturated carbocycles. The number of rotatable bonds is 6. The Morgan fingerprint density at radius 1 is 0.947 bits per heavy atom. The summed E-state index contributed by atoms with van der Waals surface area (Å²) in [5.74, 6) is -2.00. The molecule has 2 aliphatic rings. The van der Waals surface area contributed by atoms with Crippen molar-refractivity contribution in [3.8, 4) is 0 Å². The Morgan fingerprint density at radius 3 is 2.37 bits per heavy atom. The zero-order chi connectivity index (χ0) is 26.8. The third kappa shape index (κ3) is 5.37. The van der Waals surface area contributed by atoms with Crippen LogP contribution in [0.1, 0.15) is 41.1 Å². The van der Waals surface area contributed by atoms with E-state index in [0.29, 0.717) is 33.7 Å². The first-order chi connectivity index (χ1) is 18.3. The van der Waals surface area contributed by atoms with Crippen LogP contribution in [-0.2, 0) is 19.1 Å². The lowest BCUT2D eigenvalue weighted by atomic mass is 9.73. The maximum Gasteiger partial charge on any atom is 0.338 e. The molecule has 0 bridgehead atoms. The van der Waals surface area contributed by atoms with Gasteiger partial charge < -0.3 is 10.1 Å². The van der Waals surface area contributed by atoms with Gasteiger partial charge in [0, 0.05) is 10.2 Å². The van der Waals surface area contributed by atoms with Crippen LogP contribution in [0, 0.1) is 11.8 Å². The molecule has 1 N–H and O–H groups in total. The summed E-state index contributed by atoms with van der Waals surface area (Å²) in [5.41, 5.74) is 2.29. The highest BCUT2D eigenvalue weighted by atomic mass is 79.9. The summed E-state index contributed by atoms with van der Waals surface area (Å²) < 4.78 is 5.81. The fraction of sp³-hybridized carbons (Fsp3) is 0.241. The molecule has 194 valence electrons. The van der Waals surface area contributed by atoms with Crippen LogP contribution >= 0.6 is 27.5 Å². The molecule has 5 rings (SSSR count). The van der Waals surface area contributed by atoms with Crippen LogP contribution < -0.4 is 10.2 Å². The molecule has 3 aromatic rings. The fourth-order valence-electron chi connectivity index (χ4n) is 5.19. The van der Waals surface area contributed by atoms with Gasteiger partial charge in [-0.3, -0.25) is 19.3 Å². The molecule has 3 aromatic carbocycles. The first-order valence-corrected chi connectivity index (χ1v) is 13.4. The second-order valence-electron chi connectivity index (χ2n) is 9.45. The zero-order valence-electron chi connectivity index (χ0n) is 20.2. The van der Waals surface area contributed by atoms with Gasteiger partial charge in [0.15, 0.2) is 6.61 Å². The van der Waals surface area contributed by atoms with Crippen molar-refractivity contribution in [3.63, 3.8) is 0 Å². The minimum absolute atomic E-state index is 0.188. The summed E-state index contributed by atoms with van der Waals surface area (Å²) in [6.45, 7) is -0.483. The van der Waals surface area contributed by atoms with Gasteiger partial charge >= 0.3 is 5.97 Å². The van der Waals surface area contributed by atoms with Gasteiger partial charge in [-0.2, -0.15) is 0 Å². The third-order valence-corrected chi connectivity index (χ3v) is 8.33. The molecule has 0 radical (unpaired) electrons. The molecule has 3 amide bonds. The summed E-state index contributed by atoms with van der Waals surface area (Å²) in [4.78, 5) is 52.3. The summed E-state index contributed by atoms with van der Waals surface area (Å²) in [6, 6.07) is 21.1. The molecular formula is C29H24BrClN2O5. The second kappa shape index (κ2) is 11.1. The van der Waals surface area contributed by atoms with Gasteiger partial charge in [0.05, 0.1) is 28.1 Å². The maximum atomic E-state index is 13.3. The quantitative estimate of drug-likeness (QED) is 0.280. The predicted octanol–water partition coefficient (Wildman–Crippen LogP) is 5.97. The van der Waals surface area contributed by atoms with Crippen LogP contribution in [0.3, 0.4) is 0 Å². The molecule has 38 heavy (non-hydrogen) atoms. The molecule has 0 unspecified atom stereocenters. The number of nitrogens with one attached hydrogen (secondary N) is 1. The Bertz CT molecular complexity index is 1400. The predicted molar refractivity (Wildman–Crippen MR) is 147 cm³/mol. The Morgan fingerprint density at radius 2 is 1.66 bits per heavy atom. The SMILES string of the molecule is O=C(COC(=O)c1ccc(N2C(=O)[C@@H]3CC[C@H](c4ccccc4)C[C@H]3C2=O)cc1)Nc1ccc(Br)c(Cl)c1. The minimum Gasteiger partial charge on any atom is -0.452 e. The van der Waals surface area contributed by atoms with E-state index in [1.54, 1.807) is 30.3 Å². The maximum absolute atomic E-state index is 13.3. The number of fused-ring (bicyclic) bond motifs is 1. The normalized spacial score (nSPS) is 20.7. The van der Waals surface area contributed by atoms with E-state index in [9.17, 15) is 19.2 Å². The smallest absolute Gasteiger partial charge is 0.338 e. The lowest BCUT2D eigenvalue weighted by Gasteiger charge is -2.28. The highest BCUT2D eigenvalue weighted by Crippen LogP contribution is 2.45.